The van der Waals surface area contributed by atoms with Crippen molar-refractivity contribution in [3.05, 3.63) is 47.0 Å². The fourth-order valence-corrected chi connectivity index (χ4v) is 3.59. The lowest BCUT2D eigenvalue weighted by Crippen LogP contribution is -2.10. The first-order valence-electron chi connectivity index (χ1n) is 7.40. The van der Waals surface area contributed by atoms with Gasteiger partial charge in [-0.3, -0.25) is 0 Å². The predicted octanol–water partition coefficient (Wildman–Crippen LogP) is 4.26. The smallest absolute Gasteiger partial charge is 0.417 e. The van der Waals surface area contributed by atoms with Crippen LogP contribution in [0, 0.1) is 0 Å². The van der Waals surface area contributed by atoms with Gasteiger partial charge in [0.1, 0.15) is 5.75 Å². The van der Waals surface area contributed by atoms with E-state index in [1.165, 1.54) is 13.2 Å². The summed E-state index contributed by atoms with van der Waals surface area (Å²) in [5.74, 6) is 0.289. The molecule has 0 radical (unpaired) electrons. The molecule has 0 atom stereocenters. The first-order chi connectivity index (χ1) is 12.7. The molecule has 27 heavy (non-hydrogen) atoms. The van der Waals surface area contributed by atoms with Crippen LogP contribution in [0.25, 0.3) is 5.69 Å². The van der Waals surface area contributed by atoms with Crippen LogP contribution in [0.2, 0.25) is 5.02 Å². The zero-order chi connectivity index (χ0) is 19.8. The minimum Gasteiger partial charge on any atom is -0.497 e. The van der Waals surface area contributed by atoms with Gasteiger partial charge in [0.2, 0.25) is 11.9 Å². The molecule has 0 bridgehead atoms. The highest BCUT2D eigenvalue weighted by Gasteiger charge is 2.35. The lowest BCUT2D eigenvalue weighted by molar-refractivity contribution is -0.139. The summed E-state index contributed by atoms with van der Waals surface area (Å²) in [7, 11) is 1.50. The summed E-state index contributed by atoms with van der Waals surface area (Å²) in [6, 6.07) is 8.82. The van der Waals surface area contributed by atoms with Crippen LogP contribution in [0.4, 0.5) is 25.1 Å². The van der Waals surface area contributed by atoms with Crippen molar-refractivity contribution in [2.24, 2.45) is 0 Å². The van der Waals surface area contributed by atoms with E-state index < -0.39 is 11.7 Å². The number of rotatable bonds is 4. The van der Waals surface area contributed by atoms with E-state index in [1.807, 2.05) is 0 Å². The first kappa shape index (κ1) is 19.2. The highest BCUT2D eigenvalue weighted by Crippen LogP contribution is 2.44. The van der Waals surface area contributed by atoms with Crippen LogP contribution in [0.15, 0.2) is 46.2 Å². The standard InChI is InChI=1S/C16H13ClF3N5OS/c1-26-9-2-4-10(5-3-9)27-13-11(16(18,19)20)6-8(7-12(13)17)25-15(22)23-14(21)24-25/h2-7H,1H3,(H4,21,22,23,24). The second-order valence-electron chi connectivity index (χ2n) is 5.32. The Balaban J connectivity index is 2.09. The Hall–Kier alpha value is -2.59. The molecule has 1 aromatic heterocycles. The molecular formula is C16H13ClF3N5OS. The second-order valence-corrected chi connectivity index (χ2v) is 6.81. The first-order valence-corrected chi connectivity index (χ1v) is 8.59. The molecule has 0 saturated carbocycles. The monoisotopic (exact) mass is 415 g/mol. The molecule has 0 aliphatic rings. The van der Waals surface area contributed by atoms with E-state index in [0.717, 1.165) is 22.5 Å². The van der Waals surface area contributed by atoms with Crippen LogP contribution in [-0.2, 0) is 6.18 Å². The van der Waals surface area contributed by atoms with Gasteiger partial charge in [0.25, 0.3) is 0 Å². The van der Waals surface area contributed by atoms with Crippen molar-refractivity contribution in [2.45, 2.75) is 16.0 Å². The number of aromatic nitrogens is 3. The minimum absolute atomic E-state index is 0.00751. The molecule has 11 heteroatoms. The van der Waals surface area contributed by atoms with Crippen LogP contribution in [0.1, 0.15) is 5.56 Å². The third kappa shape index (κ3) is 4.06. The van der Waals surface area contributed by atoms with Gasteiger partial charge in [-0.25, -0.2) is 0 Å². The quantitative estimate of drug-likeness (QED) is 0.661. The lowest BCUT2D eigenvalue weighted by Gasteiger charge is -2.16. The van der Waals surface area contributed by atoms with Crippen LogP contribution in [0.3, 0.4) is 0 Å². The van der Waals surface area contributed by atoms with Gasteiger partial charge < -0.3 is 16.2 Å². The van der Waals surface area contributed by atoms with E-state index in [9.17, 15) is 13.2 Å². The molecular weight excluding hydrogens is 403 g/mol. The molecule has 0 aliphatic heterocycles. The summed E-state index contributed by atoms with van der Waals surface area (Å²) >= 11 is 7.07. The van der Waals surface area contributed by atoms with Crippen molar-refractivity contribution in [1.82, 2.24) is 14.8 Å². The molecule has 0 saturated heterocycles. The summed E-state index contributed by atoms with van der Waals surface area (Å²) in [5.41, 5.74) is 10.2. The maximum absolute atomic E-state index is 13.7. The van der Waals surface area contributed by atoms with Crippen molar-refractivity contribution in [3.8, 4) is 11.4 Å². The fourth-order valence-electron chi connectivity index (χ4n) is 2.31. The lowest BCUT2D eigenvalue weighted by atomic mass is 10.2. The second kappa shape index (κ2) is 7.20. The van der Waals surface area contributed by atoms with Crippen molar-refractivity contribution >= 4 is 35.3 Å². The van der Waals surface area contributed by atoms with Gasteiger partial charge in [0.15, 0.2) is 0 Å². The van der Waals surface area contributed by atoms with Gasteiger partial charge in [-0.1, -0.05) is 23.4 Å². The van der Waals surface area contributed by atoms with Crippen molar-refractivity contribution in [3.63, 3.8) is 0 Å². The SMILES string of the molecule is COc1ccc(Sc2c(Cl)cc(-n3nc(N)nc3N)cc2C(F)(F)F)cc1. The number of hydrogen-bond donors (Lipinski definition) is 2. The van der Waals surface area contributed by atoms with Gasteiger partial charge in [-0.05, 0) is 36.4 Å². The number of ether oxygens (including phenoxy) is 1. The van der Waals surface area contributed by atoms with E-state index in [4.69, 9.17) is 27.8 Å². The number of methoxy groups -OCH3 is 1. The summed E-state index contributed by atoms with van der Waals surface area (Å²) in [6.45, 7) is 0. The highest BCUT2D eigenvalue weighted by molar-refractivity contribution is 7.99. The largest absolute Gasteiger partial charge is 0.497 e. The molecule has 142 valence electrons. The zero-order valence-corrected chi connectivity index (χ0v) is 15.4. The number of alkyl halides is 3. The molecule has 0 unspecified atom stereocenters. The number of nitrogens with zero attached hydrogens (tertiary/aromatic N) is 3. The number of hydrogen-bond acceptors (Lipinski definition) is 6. The number of nitrogen functional groups attached to an aromatic ring is 2. The molecule has 0 fully saturated rings. The average molecular weight is 416 g/mol. The number of benzene rings is 2. The Bertz CT molecular complexity index is 975. The normalized spacial score (nSPS) is 11.6. The Morgan fingerprint density at radius 3 is 2.33 bits per heavy atom. The minimum atomic E-state index is -4.64. The Labute approximate surface area is 161 Å². The Morgan fingerprint density at radius 1 is 1.15 bits per heavy atom. The van der Waals surface area contributed by atoms with Crippen LogP contribution in [0.5, 0.6) is 5.75 Å². The molecule has 4 N–H and O–H groups in total. The summed E-state index contributed by atoms with van der Waals surface area (Å²) in [4.78, 5) is 4.12. The third-order valence-corrected chi connectivity index (χ3v) is 5.07. The van der Waals surface area contributed by atoms with E-state index >= 15 is 0 Å². The fraction of sp³-hybridized carbons (Fsp3) is 0.125. The molecule has 1 heterocycles. The van der Waals surface area contributed by atoms with Gasteiger partial charge in [0, 0.05) is 9.79 Å². The predicted molar refractivity (Wildman–Crippen MR) is 97.3 cm³/mol. The van der Waals surface area contributed by atoms with Gasteiger partial charge >= 0.3 is 6.18 Å². The number of anilines is 2. The summed E-state index contributed by atoms with van der Waals surface area (Å²) in [5, 5.41) is 3.69. The zero-order valence-electron chi connectivity index (χ0n) is 13.8. The van der Waals surface area contributed by atoms with Gasteiger partial charge in [-0.2, -0.15) is 22.8 Å². The molecule has 0 spiro atoms. The maximum atomic E-state index is 13.7. The van der Waals surface area contributed by atoms with Crippen LogP contribution >= 0.6 is 23.4 Å². The molecule has 3 aromatic rings. The van der Waals surface area contributed by atoms with Gasteiger partial charge in [0.05, 0.1) is 23.4 Å². The van der Waals surface area contributed by atoms with Crippen molar-refractivity contribution in [2.75, 3.05) is 18.6 Å². The molecule has 6 nitrogen and oxygen atoms in total. The molecule has 0 amide bonds. The Kier molecular flexibility index (Phi) is 5.11. The van der Waals surface area contributed by atoms with E-state index in [1.54, 1.807) is 24.3 Å². The van der Waals surface area contributed by atoms with Crippen LogP contribution < -0.4 is 16.2 Å². The van der Waals surface area contributed by atoms with E-state index in [2.05, 4.69) is 10.1 Å². The maximum Gasteiger partial charge on any atom is 0.417 e. The summed E-state index contributed by atoms with van der Waals surface area (Å²) in [6.07, 6.45) is -4.64. The van der Waals surface area contributed by atoms with Gasteiger partial charge in [-0.15, -0.1) is 5.10 Å². The average Bonchev–Trinajstić information content (AvgIpc) is 2.94. The number of halogens is 4. The number of nitrogens with two attached hydrogens (primary N) is 2. The summed E-state index contributed by atoms with van der Waals surface area (Å²) < 4.78 is 47.0. The van der Waals surface area contributed by atoms with Crippen molar-refractivity contribution < 1.29 is 17.9 Å². The van der Waals surface area contributed by atoms with E-state index in [0.29, 0.717) is 10.6 Å². The van der Waals surface area contributed by atoms with Crippen LogP contribution in [-0.4, -0.2) is 21.9 Å². The molecule has 0 aliphatic carbocycles. The molecule has 2 aromatic carbocycles. The van der Waals surface area contributed by atoms with Crippen molar-refractivity contribution in [1.29, 1.82) is 0 Å². The topological polar surface area (TPSA) is 92.0 Å². The third-order valence-electron chi connectivity index (χ3n) is 3.51. The highest BCUT2D eigenvalue weighted by atomic mass is 35.5. The molecule has 3 rings (SSSR count). The Morgan fingerprint density at radius 2 is 1.81 bits per heavy atom. The van der Waals surface area contributed by atoms with E-state index in [-0.39, 0.29) is 27.5 Å².